The minimum atomic E-state index is -4.39. The van der Waals surface area contributed by atoms with Gasteiger partial charge in [-0.05, 0) is 12.1 Å². The number of carbonyl (C=O) groups is 1. The van der Waals surface area contributed by atoms with E-state index in [1.54, 1.807) is 25.1 Å². The second-order valence-corrected chi connectivity index (χ2v) is 5.85. The van der Waals surface area contributed by atoms with E-state index in [9.17, 15) is 18.0 Å². The zero-order valence-electron chi connectivity index (χ0n) is 13.7. The van der Waals surface area contributed by atoms with Gasteiger partial charge in [0.25, 0.3) is 5.91 Å². The third kappa shape index (κ3) is 4.81. The van der Waals surface area contributed by atoms with Crippen LogP contribution in [0.5, 0.6) is 0 Å². The van der Waals surface area contributed by atoms with E-state index in [4.69, 9.17) is 0 Å². The average molecular weight is 345 g/mol. The van der Waals surface area contributed by atoms with Crippen molar-refractivity contribution in [1.82, 2.24) is 20.5 Å². The molecule has 2 heterocycles. The Morgan fingerprint density at radius 3 is 2.67 bits per heavy atom. The fourth-order valence-electron chi connectivity index (χ4n) is 2.54. The summed E-state index contributed by atoms with van der Waals surface area (Å²) in [6, 6.07) is 1.34. The van der Waals surface area contributed by atoms with Crippen LogP contribution in [0.2, 0.25) is 0 Å². The monoisotopic (exact) mass is 345 g/mol. The van der Waals surface area contributed by atoms with Crippen molar-refractivity contribution in [2.24, 2.45) is 0 Å². The van der Waals surface area contributed by atoms with E-state index in [-0.39, 0.29) is 5.56 Å². The van der Waals surface area contributed by atoms with Gasteiger partial charge in [0.05, 0.1) is 0 Å². The number of anilines is 1. The number of amides is 1. The third-order valence-corrected chi connectivity index (χ3v) is 3.89. The minimum Gasteiger partial charge on any atom is -0.363 e. The summed E-state index contributed by atoms with van der Waals surface area (Å²) >= 11 is 0. The van der Waals surface area contributed by atoms with Crippen LogP contribution in [0.15, 0.2) is 18.3 Å². The molecule has 0 spiro atoms. The summed E-state index contributed by atoms with van der Waals surface area (Å²) in [4.78, 5) is 19.3. The quantitative estimate of drug-likeness (QED) is 0.823. The minimum absolute atomic E-state index is 0.287. The van der Waals surface area contributed by atoms with Crippen molar-refractivity contribution in [2.75, 3.05) is 51.7 Å². The summed E-state index contributed by atoms with van der Waals surface area (Å²) in [5.74, 6) is 0.0296. The number of hydrogen-bond acceptors (Lipinski definition) is 5. The first kappa shape index (κ1) is 18.5. The van der Waals surface area contributed by atoms with Crippen LogP contribution in [-0.4, -0.2) is 74.8 Å². The molecule has 2 N–H and O–H groups in total. The molecular weight excluding hydrogens is 323 g/mol. The van der Waals surface area contributed by atoms with Crippen LogP contribution in [0.25, 0.3) is 0 Å². The number of nitrogens with zero attached hydrogens (tertiary/aromatic N) is 3. The molecule has 1 amide bonds. The Morgan fingerprint density at radius 1 is 1.42 bits per heavy atom. The lowest BCUT2D eigenvalue weighted by Gasteiger charge is -2.35. The molecule has 6 nitrogen and oxygen atoms in total. The van der Waals surface area contributed by atoms with Gasteiger partial charge in [0, 0.05) is 58.6 Å². The number of alkyl halides is 3. The highest BCUT2D eigenvalue weighted by molar-refractivity contribution is 5.94. The Morgan fingerprint density at radius 2 is 2.08 bits per heavy atom. The molecule has 1 aromatic heterocycles. The van der Waals surface area contributed by atoms with Crippen molar-refractivity contribution in [1.29, 1.82) is 0 Å². The number of hydrogen-bond donors (Lipinski definition) is 2. The lowest BCUT2D eigenvalue weighted by molar-refractivity contribution is -0.183. The fraction of sp³-hybridized carbons (Fsp3) is 0.600. The Kier molecular flexibility index (Phi) is 6.00. The molecular formula is C15H22F3N5O. The summed E-state index contributed by atoms with van der Waals surface area (Å²) in [7, 11) is 3.54. The van der Waals surface area contributed by atoms with Gasteiger partial charge in [-0.25, -0.2) is 4.98 Å². The van der Waals surface area contributed by atoms with Crippen molar-refractivity contribution >= 4 is 11.7 Å². The van der Waals surface area contributed by atoms with Gasteiger partial charge in [-0.1, -0.05) is 0 Å². The largest absolute Gasteiger partial charge is 0.405 e. The van der Waals surface area contributed by atoms with E-state index in [0.29, 0.717) is 32.0 Å². The molecule has 1 atom stereocenters. The Labute approximate surface area is 139 Å². The summed E-state index contributed by atoms with van der Waals surface area (Å²) in [6.45, 7) is 1.16. The molecule has 1 saturated heterocycles. The van der Waals surface area contributed by atoms with Crippen molar-refractivity contribution in [2.45, 2.75) is 12.2 Å². The van der Waals surface area contributed by atoms with Crippen LogP contribution >= 0.6 is 0 Å². The second kappa shape index (κ2) is 7.80. The van der Waals surface area contributed by atoms with Gasteiger partial charge in [-0.2, -0.15) is 13.2 Å². The van der Waals surface area contributed by atoms with Gasteiger partial charge < -0.3 is 15.5 Å². The molecule has 2 rings (SSSR count). The highest BCUT2D eigenvalue weighted by atomic mass is 19.4. The summed E-state index contributed by atoms with van der Waals surface area (Å²) < 4.78 is 39.9. The number of carbonyl (C=O) groups excluding carboxylic acids is 1. The van der Waals surface area contributed by atoms with Gasteiger partial charge in [-0.15, -0.1) is 0 Å². The van der Waals surface area contributed by atoms with E-state index in [2.05, 4.69) is 15.6 Å². The zero-order valence-corrected chi connectivity index (χ0v) is 13.7. The molecule has 0 saturated carbocycles. The van der Waals surface area contributed by atoms with Crippen molar-refractivity contribution in [3.05, 3.63) is 23.9 Å². The lowest BCUT2D eigenvalue weighted by atomic mass is 10.2. The Hall–Kier alpha value is -1.87. The molecule has 1 aromatic rings. The number of halogens is 3. The van der Waals surface area contributed by atoms with Crippen LogP contribution in [0.1, 0.15) is 10.4 Å². The van der Waals surface area contributed by atoms with E-state index >= 15 is 0 Å². The van der Waals surface area contributed by atoms with E-state index in [1.165, 1.54) is 17.2 Å². The number of nitrogens with one attached hydrogen (secondary N) is 2. The van der Waals surface area contributed by atoms with Crippen LogP contribution in [0, 0.1) is 0 Å². The summed E-state index contributed by atoms with van der Waals surface area (Å²) in [5, 5.41) is 5.42. The van der Waals surface area contributed by atoms with E-state index < -0.39 is 24.7 Å². The number of rotatable bonds is 5. The molecule has 0 aromatic carbocycles. The standard InChI is InChI=1S/C15H22F3N5O/c1-22(2)13-9-11(3-4-20-13)14(24)21-10-12(15(16,17)18)23-7-5-19-6-8-23/h3-4,9,12,19H,5-8,10H2,1-2H3,(H,21,24). The summed E-state index contributed by atoms with van der Waals surface area (Å²) in [6.07, 6.45) is -2.93. The van der Waals surface area contributed by atoms with Crippen LogP contribution in [0.3, 0.4) is 0 Å². The molecule has 0 radical (unpaired) electrons. The zero-order chi connectivity index (χ0) is 17.7. The smallest absolute Gasteiger partial charge is 0.363 e. The molecule has 134 valence electrons. The van der Waals surface area contributed by atoms with Crippen LogP contribution in [-0.2, 0) is 0 Å². The molecule has 1 aliphatic heterocycles. The summed E-state index contributed by atoms with van der Waals surface area (Å²) in [5.41, 5.74) is 0.287. The molecule has 0 aliphatic carbocycles. The fourth-order valence-corrected chi connectivity index (χ4v) is 2.54. The SMILES string of the molecule is CN(C)c1cc(C(=O)NCC(N2CCNCC2)C(F)(F)F)ccn1. The average Bonchev–Trinajstić information content (AvgIpc) is 2.54. The molecule has 24 heavy (non-hydrogen) atoms. The van der Waals surface area contributed by atoms with Gasteiger partial charge in [-0.3, -0.25) is 9.69 Å². The molecule has 1 unspecified atom stereocenters. The predicted molar refractivity (Wildman–Crippen MR) is 85.2 cm³/mol. The van der Waals surface area contributed by atoms with Crippen LogP contribution in [0.4, 0.5) is 19.0 Å². The van der Waals surface area contributed by atoms with Crippen molar-refractivity contribution in [3.8, 4) is 0 Å². The van der Waals surface area contributed by atoms with Gasteiger partial charge >= 0.3 is 6.18 Å². The van der Waals surface area contributed by atoms with E-state index in [0.717, 1.165) is 0 Å². The third-order valence-electron chi connectivity index (χ3n) is 3.89. The van der Waals surface area contributed by atoms with E-state index in [1.807, 2.05) is 0 Å². The van der Waals surface area contributed by atoms with Crippen molar-refractivity contribution < 1.29 is 18.0 Å². The molecule has 9 heteroatoms. The normalized spacial score (nSPS) is 17.4. The number of pyridine rings is 1. The highest BCUT2D eigenvalue weighted by Gasteiger charge is 2.43. The Bertz CT molecular complexity index is 558. The maximum absolute atomic E-state index is 13.3. The Balaban J connectivity index is 2.03. The number of piperazine rings is 1. The second-order valence-electron chi connectivity index (χ2n) is 5.85. The molecule has 1 aliphatic rings. The van der Waals surface area contributed by atoms with Gasteiger partial charge in [0.15, 0.2) is 0 Å². The number of aromatic nitrogens is 1. The first-order valence-corrected chi connectivity index (χ1v) is 7.72. The first-order chi connectivity index (χ1) is 11.3. The van der Waals surface area contributed by atoms with Crippen molar-refractivity contribution in [3.63, 3.8) is 0 Å². The molecule has 0 bridgehead atoms. The first-order valence-electron chi connectivity index (χ1n) is 7.72. The highest BCUT2D eigenvalue weighted by Crippen LogP contribution is 2.25. The maximum atomic E-state index is 13.3. The maximum Gasteiger partial charge on any atom is 0.405 e. The lowest BCUT2D eigenvalue weighted by Crippen LogP contribution is -2.57. The topological polar surface area (TPSA) is 60.5 Å². The van der Waals surface area contributed by atoms with Gasteiger partial charge in [0.2, 0.25) is 0 Å². The van der Waals surface area contributed by atoms with Crippen LogP contribution < -0.4 is 15.5 Å². The van der Waals surface area contributed by atoms with Gasteiger partial charge in [0.1, 0.15) is 11.9 Å². The predicted octanol–water partition coefficient (Wildman–Crippen LogP) is 0.714. The molecule has 1 fully saturated rings.